The summed E-state index contributed by atoms with van der Waals surface area (Å²) in [5.41, 5.74) is 8.37. The molecule has 0 saturated carbocycles. The lowest BCUT2D eigenvalue weighted by Gasteiger charge is -2.31. The number of nitrogens with zero attached hydrogens (tertiary/aromatic N) is 3. The fourth-order valence-corrected chi connectivity index (χ4v) is 2.49. The molecule has 1 aromatic heterocycles. The SMILES string of the molecule is CCc1ccnc(CN=C(N)N2CCCC(C)C2)c1. The van der Waals surface area contributed by atoms with Gasteiger partial charge in [-0.25, -0.2) is 4.99 Å². The molecule has 1 aromatic rings. The van der Waals surface area contributed by atoms with Gasteiger partial charge in [0, 0.05) is 19.3 Å². The Hall–Kier alpha value is -1.58. The molecule has 2 heterocycles. The molecule has 0 aliphatic carbocycles. The molecule has 1 fully saturated rings. The van der Waals surface area contributed by atoms with Crippen LogP contribution < -0.4 is 5.73 Å². The molecule has 1 aliphatic rings. The monoisotopic (exact) mass is 260 g/mol. The summed E-state index contributed by atoms with van der Waals surface area (Å²) < 4.78 is 0. The maximum absolute atomic E-state index is 6.08. The number of hydrogen-bond acceptors (Lipinski definition) is 2. The molecule has 4 heteroatoms. The van der Waals surface area contributed by atoms with Crippen LogP contribution in [0.5, 0.6) is 0 Å². The molecule has 1 saturated heterocycles. The molecular weight excluding hydrogens is 236 g/mol. The van der Waals surface area contributed by atoms with E-state index in [4.69, 9.17) is 5.73 Å². The number of nitrogens with two attached hydrogens (primary N) is 1. The van der Waals surface area contributed by atoms with E-state index < -0.39 is 0 Å². The van der Waals surface area contributed by atoms with Gasteiger partial charge in [-0.3, -0.25) is 4.98 Å². The fraction of sp³-hybridized carbons (Fsp3) is 0.600. The van der Waals surface area contributed by atoms with Crippen molar-refractivity contribution in [3.05, 3.63) is 29.6 Å². The Labute approximate surface area is 115 Å². The van der Waals surface area contributed by atoms with E-state index in [1.165, 1.54) is 18.4 Å². The molecule has 0 radical (unpaired) electrons. The first kappa shape index (κ1) is 13.8. The largest absolute Gasteiger partial charge is 0.370 e. The van der Waals surface area contributed by atoms with Gasteiger partial charge >= 0.3 is 0 Å². The van der Waals surface area contributed by atoms with Crippen molar-refractivity contribution in [2.45, 2.75) is 39.7 Å². The zero-order chi connectivity index (χ0) is 13.7. The summed E-state index contributed by atoms with van der Waals surface area (Å²) in [6, 6.07) is 4.15. The third-order valence-electron chi connectivity index (χ3n) is 3.67. The predicted octanol–water partition coefficient (Wildman–Crippen LogP) is 2.19. The second kappa shape index (κ2) is 6.55. The lowest BCUT2D eigenvalue weighted by Crippen LogP contribution is -2.43. The summed E-state index contributed by atoms with van der Waals surface area (Å²) in [6.07, 6.45) is 5.38. The molecule has 2 N–H and O–H groups in total. The molecule has 0 aromatic carbocycles. The van der Waals surface area contributed by atoms with Gasteiger partial charge < -0.3 is 10.6 Å². The first-order valence-corrected chi connectivity index (χ1v) is 7.17. The van der Waals surface area contributed by atoms with Crippen LogP contribution >= 0.6 is 0 Å². The number of hydrogen-bond donors (Lipinski definition) is 1. The standard InChI is InChI=1S/C15H24N4/c1-3-13-6-7-17-14(9-13)10-18-15(16)19-8-4-5-12(2)11-19/h6-7,9,12H,3-5,8,10-11H2,1-2H3,(H2,16,18). The van der Waals surface area contributed by atoms with Crippen LogP contribution in [-0.2, 0) is 13.0 Å². The highest BCUT2D eigenvalue weighted by molar-refractivity contribution is 5.78. The normalized spacial score (nSPS) is 20.6. The topological polar surface area (TPSA) is 54.5 Å². The second-order valence-corrected chi connectivity index (χ2v) is 5.38. The molecule has 0 bridgehead atoms. The van der Waals surface area contributed by atoms with Gasteiger partial charge in [0.25, 0.3) is 0 Å². The summed E-state index contributed by atoms with van der Waals surface area (Å²) in [4.78, 5) is 11.0. The third-order valence-corrected chi connectivity index (χ3v) is 3.67. The molecule has 104 valence electrons. The number of piperidine rings is 1. The van der Waals surface area contributed by atoms with Crippen molar-refractivity contribution in [1.82, 2.24) is 9.88 Å². The fourth-order valence-electron chi connectivity index (χ4n) is 2.49. The molecule has 1 unspecified atom stereocenters. The van der Waals surface area contributed by atoms with E-state index in [-0.39, 0.29) is 0 Å². The first-order chi connectivity index (χ1) is 9.19. The van der Waals surface area contributed by atoms with Gasteiger partial charge in [-0.1, -0.05) is 13.8 Å². The van der Waals surface area contributed by atoms with Gasteiger partial charge in [0.2, 0.25) is 0 Å². The van der Waals surface area contributed by atoms with Gasteiger partial charge in [0.05, 0.1) is 12.2 Å². The number of guanidine groups is 1. The van der Waals surface area contributed by atoms with Crippen molar-refractivity contribution in [1.29, 1.82) is 0 Å². The summed E-state index contributed by atoms with van der Waals surface area (Å²) in [5, 5.41) is 0. The molecular formula is C15H24N4. The Morgan fingerprint density at radius 2 is 2.42 bits per heavy atom. The summed E-state index contributed by atoms with van der Waals surface area (Å²) in [6.45, 7) is 7.04. The highest BCUT2D eigenvalue weighted by Gasteiger charge is 2.17. The van der Waals surface area contributed by atoms with Crippen molar-refractivity contribution in [3.63, 3.8) is 0 Å². The maximum atomic E-state index is 6.08. The maximum Gasteiger partial charge on any atom is 0.191 e. The second-order valence-electron chi connectivity index (χ2n) is 5.38. The number of rotatable bonds is 3. The Balaban J connectivity index is 1.96. The average Bonchev–Trinajstić information content (AvgIpc) is 2.45. The minimum absolute atomic E-state index is 0.574. The minimum Gasteiger partial charge on any atom is -0.370 e. The van der Waals surface area contributed by atoms with E-state index in [9.17, 15) is 0 Å². The van der Waals surface area contributed by atoms with Crippen molar-refractivity contribution in [2.24, 2.45) is 16.6 Å². The van der Waals surface area contributed by atoms with Crippen LogP contribution in [-0.4, -0.2) is 28.9 Å². The Morgan fingerprint density at radius 1 is 1.58 bits per heavy atom. The van der Waals surface area contributed by atoms with Gasteiger partial charge in [-0.15, -0.1) is 0 Å². The van der Waals surface area contributed by atoms with Crippen LogP contribution in [0.25, 0.3) is 0 Å². The van der Waals surface area contributed by atoms with E-state index >= 15 is 0 Å². The Bertz CT molecular complexity index is 442. The minimum atomic E-state index is 0.574. The van der Waals surface area contributed by atoms with E-state index in [2.05, 4.69) is 34.8 Å². The van der Waals surface area contributed by atoms with E-state index in [1.807, 2.05) is 12.3 Å². The number of aromatic nitrogens is 1. The number of aryl methyl sites for hydroxylation is 1. The van der Waals surface area contributed by atoms with E-state index in [1.54, 1.807) is 0 Å². The molecule has 4 nitrogen and oxygen atoms in total. The van der Waals surface area contributed by atoms with E-state index in [0.717, 1.165) is 25.2 Å². The highest BCUT2D eigenvalue weighted by Crippen LogP contribution is 2.15. The van der Waals surface area contributed by atoms with Crippen LogP contribution in [0.15, 0.2) is 23.3 Å². The zero-order valence-electron chi connectivity index (χ0n) is 12.0. The first-order valence-electron chi connectivity index (χ1n) is 7.17. The summed E-state index contributed by atoms with van der Waals surface area (Å²) in [7, 11) is 0. The third kappa shape index (κ3) is 3.94. The molecule has 1 aliphatic heterocycles. The Kier molecular flexibility index (Phi) is 4.77. The van der Waals surface area contributed by atoms with Crippen molar-refractivity contribution in [2.75, 3.05) is 13.1 Å². The van der Waals surface area contributed by atoms with Gasteiger partial charge in [0.1, 0.15) is 0 Å². The molecule has 19 heavy (non-hydrogen) atoms. The molecule has 1 atom stereocenters. The summed E-state index contributed by atoms with van der Waals surface area (Å²) in [5.74, 6) is 1.37. The number of likely N-dealkylation sites (tertiary alicyclic amines) is 1. The number of pyridine rings is 1. The number of aliphatic imine (C=N–C) groups is 1. The molecule has 2 rings (SSSR count). The lowest BCUT2D eigenvalue weighted by atomic mass is 10.0. The van der Waals surface area contributed by atoms with Crippen LogP contribution in [0.1, 0.15) is 37.9 Å². The van der Waals surface area contributed by atoms with Gasteiger partial charge in [-0.2, -0.15) is 0 Å². The van der Waals surface area contributed by atoms with Crippen molar-refractivity contribution in [3.8, 4) is 0 Å². The molecule has 0 spiro atoms. The lowest BCUT2D eigenvalue weighted by molar-refractivity contribution is 0.270. The average molecular weight is 260 g/mol. The van der Waals surface area contributed by atoms with Crippen LogP contribution in [0.3, 0.4) is 0 Å². The van der Waals surface area contributed by atoms with Crippen molar-refractivity contribution < 1.29 is 0 Å². The van der Waals surface area contributed by atoms with Crippen LogP contribution in [0.4, 0.5) is 0 Å². The smallest absolute Gasteiger partial charge is 0.191 e. The van der Waals surface area contributed by atoms with Crippen LogP contribution in [0.2, 0.25) is 0 Å². The van der Waals surface area contributed by atoms with Gasteiger partial charge in [0.15, 0.2) is 5.96 Å². The quantitative estimate of drug-likeness (QED) is 0.669. The predicted molar refractivity (Wildman–Crippen MR) is 78.9 cm³/mol. The zero-order valence-corrected chi connectivity index (χ0v) is 12.0. The van der Waals surface area contributed by atoms with E-state index in [0.29, 0.717) is 18.4 Å². The highest BCUT2D eigenvalue weighted by atomic mass is 15.3. The molecule has 0 amide bonds. The van der Waals surface area contributed by atoms with Crippen LogP contribution in [0, 0.1) is 5.92 Å². The Morgan fingerprint density at radius 3 is 3.16 bits per heavy atom. The summed E-state index contributed by atoms with van der Waals surface area (Å²) >= 11 is 0. The van der Waals surface area contributed by atoms with Crippen molar-refractivity contribution >= 4 is 5.96 Å². The van der Waals surface area contributed by atoms with Gasteiger partial charge in [-0.05, 0) is 42.9 Å².